The van der Waals surface area contributed by atoms with Gasteiger partial charge in [0.05, 0.1) is 22.1 Å². The number of para-hydroxylation sites is 2. The van der Waals surface area contributed by atoms with E-state index in [9.17, 15) is 0 Å². The molecule has 10 rings (SSSR count). The van der Waals surface area contributed by atoms with Gasteiger partial charge in [-0.2, -0.15) is 0 Å². The van der Waals surface area contributed by atoms with Crippen LogP contribution in [0.1, 0.15) is 12.8 Å². The molecular weight excluding hydrogens is 628 g/mol. The van der Waals surface area contributed by atoms with E-state index in [1.807, 2.05) is 12.1 Å². The van der Waals surface area contributed by atoms with Gasteiger partial charge in [0.1, 0.15) is 11.2 Å². The van der Waals surface area contributed by atoms with Crippen molar-refractivity contribution < 1.29 is 4.42 Å². The van der Waals surface area contributed by atoms with E-state index < -0.39 is 0 Å². The lowest BCUT2D eigenvalue weighted by molar-refractivity contribution is 0.669. The minimum atomic E-state index is 0.895. The molecule has 1 aliphatic carbocycles. The summed E-state index contributed by atoms with van der Waals surface area (Å²) in [4.78, 5) is 0. The Labute approximate surface area is 273 Å². The van der Waals surface area contributed by atoms with Gasteiger partial charge >= 0.3 is 0 Å². The van der Waals surface area contributed by atoms with Gasteiger partial charge in [-0.25, -0.2) is 0 Å². The predicted octanol–water partition coefficient (Wildman–Crippen LogP) is 12.4. The first-order chi connectivity index (χ1) is 22.7. The number of allylic oxidation sites excluding steroid dienone is 4. The second kappa shape index (κ2) is 9.84. The Morgan fingerprint density at radius 2 is 1.24 bits per heavy atom. The standard InChI is InChI=1S/C42H27BrN2O/c43-35-15-9-17-41-42(35)34-23-27(19-21-40(34)46-41)26-18-20-37-31(22-26)33-25-38-32(24-39(33)45(37)29-12-5-2-6-13-29)30-14-7-8-16-36(30)44(38)28-10-3-1-4-11-28/h1,3-5,7-25H,2,6H2. The molecule has 46 heavy (non-hydrogen) atoms. The average Bonchev–Trinajstić information content (AvgIpc) is 3.75. The zero-order valence-corrected chi connectivity index (χ0v) is 26.5. The first kappa shape index (κ1) is 26.0. The molecule has 0 saturated heterocycles. The fourth-order valence-electron chi connectivity index (χ4n) is 7.52. The Hall–Kier alpha value is -5.32. The number of hydrogen-bond acceptors (Lipinski definition) is 1. The van der Waals surface area contributed by atoms with E-state index in [1.165, 1.54) is 66.1 Å². The van der Waals surface area contributed by atoms with Crippen LogP contribution in [0.3, 0.4) is 0 Å². The maximum Gasteiger partial charge on any atom is 0.136 e. The van der Waals surface area contributed by atoms with Gasteiger partial charge in [0, 0.05) is 48.2 Å². The summed E-state index contributed by atoms with van der Waals surface area (Å²) in [5.74, 6) is 0. The molecule has 218 valence electrons. The Morgan fingerprint density at radius 3 is 2.09 bits per heavy atom. The van der Waals surface area contributed by atoms with Gasteiger partial charge in [-0.15, -0.1) is 0 Å². The number of fused-ring (bicyclic) bond motifs is 9. The summed E-state index contributed by atoms with van der Waals surface area (Å²) in [6.45, 7) is 0. The van der Waals surface area contributed by atoms with Gasteiger partial charge in [-0.05, 0) is 96.8 Å². The predicted molar refractivity (Wildman–Crippen MR) is 197 cm³/mol. The van der Waals surface area contributed by atoms with E-state index in [-0.39, 0.29) is 0 Å². The number of rotatable bonds is 3. The van der Waals surface area contributed by atoms with Gasteiger partial charge < -0.3 is 13.6 Å². The van der Waals surface area contributed by atoms with Crippen molar-refractivity contribution in [2.75, 3.05) is 0 Å². The third-order valence-electron chi connectivity index (χ3n) is 9.58. The minimum Gasteiger partial charge on any atom is -0.456 e. The van der Waals surface area contributed by atoms with Crippen molar-refractivity contribution >= 4 is 87.2 Å². The molecule has 4 heteroatoms. The van der Waals surface area contributed by atoms with Gasteiger partial charge in [-0.1, -0.05) is 82.7 Å². The third kappa shape index (κ3) is 3.71. The van der Waals surface area contributed by atoms with Crippen LogP contribution in [0, 0.1) is 0 Å². The molecule has 0 N–H and O–H groups in total. The zero-order chi connectivity index (χ0) is 30.4. The molecule has 0 aliphatic heterocycles. The van der Waals surface area contributed by atoms with Gasteiger partial charge in [0.2, 0.25) is 0 Å². The Bertz CT molecular complexity index is 2750. The number of furan rings is 1. The first-order valence-electron chi connectivity index (χ1n) is 15.8. The van der Waals surface area contributed by atoms with Crippen LogP contribution in [0.25, 0.3) is 88.1 Å². The topological polar surface area (TPSA) is 23.0 Å². The summed E-state index contributed by atoms with van der Waals surface area (Å²) < 4.78 is 12.1. The van der Waals surface area contributed by atoms with Crippen LogP contribution in [-0.2, 0) is 0 Å². The molecule has 3 nitrogen and oxygen atoms in total. The van der Waals surface area contributed by atoms with Crippen LogP contribution in [0.4, 0.5) is 0 Å². The van der Waals surface area contributed by atoms with E-state index in [0.29, 0.717) is 0 Å². The summed E-state index contributed by atoms with van der Waals surface area (Å²) in [7, 11) is 0. The average molecular weight is 656 g/mol. The van der Waals surface area contributed by atoms with Crippen LogP contribution < -0.4 is 0 Å². The van der Waals surface area contributed by atoms with Gasteiger partial charge in [0.15, 0.2) is 0 Å². The fraction of sp³-hybridized carbons (Fsp3) is 0.0476. The molecule has 0 spiro atoms. The van der Waals surface area contributed by atoms with Crippen molar-refractivity contribution in [2.45, 2.75) is 12.8 Å². The highest BCUT2D eigenvalue weighted by Gasteiger charge is 2.20. The first-order valence-corrected chi connectivity index (χ1v) is 16.6. The Kier molecular flexibility index (Phi) is 5.55. The molecule has 0 atom stereocenters. The second-order valence-corrected chi connectivity index (χ2v) is 13.0. The molecule has 6 aromatic carbocycles. The SMILES string of the molecule is Brc1cccc2oc3ccc(-c4ccc5c(c4)c4cc6c(cc4n5C4=CCCC=C4)c4ccccc4n6-c4ccccc4)cc3c12. The number of hydrogen-bond donors (Lipinski definition) is 0. The summed E-state index contributed by atoms with van der Waals surface area (Å²) >= 11 is 3.76. The lowest BCUT2D eigenvalue weighted by Gasteiger charge is -2.12. The molecule has 0 unspecified atom stereocenters. The molecule has 0 amide bonds. The second-order valence-electron chi connectivity index (χ2n) is 12.2. The monoisotopic (exact) mass is 654 g/mol. The van der Waals surface area contributed by atoms with Crippen molar-refractivity contribution in [3.8, 4) is 16.8 Å². The van der Waals surface area contributed by atoms with E-state index >= 15 is 0 Å². The van der Waals surface area contributed by atoms with Crippen LogP contribution in [0.2, 0.25) is 0 Å². The van der Waals surface area contributed by atoms with Crippen LogP contribution >= 0.6 is 15.9 Å². The highest BCUT2D eigenvalue weighted by Crippen LogP contribution is 2.42. The molecule has 0 fully saturated rings. The van der Waals surface area contributed by atoms with Crippen LogP contribution in [0.15, 0.2) is 148 Å². The van der Waals surface area contributed by atoms with Crippen molar-refractivity contribution in [3.05, 3.63) is 144 Å². The molecule has 0 bridgehead atoms. The molecule has 0 radical (unpaired) electrons. The van der Waals surface area contributed by atoms with Crippen molar-refractivity contribution in [1.29, 1.82) is 0 Å². The van der Waals surface area contributed by atoms with Crippen LogP contribution in [-0.4, -0.2) is 9.13 Å². The number of benzene rings is 6. The molecule has 3 heterocycles. The lowest BCUT2D eigenvalue weighted by Crippen LogP contribution is -1.97. The lowest BCUT2D eigenvalue weighted by atomic mass is 10.0. The maximum atomic E-state index is 6.19. The van der Waals surface area contributed by atoms with Crippen molar-refractivity contribution in [2.24, 2.45) is 0 Å². The highest BCUT2D eigenvalue weighted by molar-refractivity contribution is 9.10. The van der Waals surface area contributed by atoms with E-state index in [4.69, 9.17) is 4.42 Å². The third-order valence-corrected chi connectivity index (χ3v) is 10.2. The molecule has 3 aromatic heterocycles. The highest BCUT2D eigenvalue weighted by atomic mass is 79.9. The maximum absolute atomic E-state index is 6.19. The number of nitrogens with zero attached hydrogens (tertiary/aromatic N) is 2. The summed E-state index contributed by atoms with van der Waals surface area (Å²) in [5, 5.41) is 7.26. The van der Waals surface area contributed by atoms with Crippen molar-refractivity contribution in [3.63, 3.8) is 0 Å². The largest absolute Gasteiger partial charge is 0.456 e. The Morgan fingerprint density at radius 1 is 0.522 bits per heavy atom. The van der Waals surface area contributed by atoms with Crippen molar-refractivity contribution in [1.82, 2.24) is 9.13 Å². The van der Waals surface area contributed by atoms with Gasteiger partial charge in [-0.3, -0.25) is 0 Å². The van der Waals surface area contributed by atoms with E-state index in [1.54, 1.807) is 0 Å². The minimum absolute atomic E-state index is 0.895. The quantitative estimate of drug-likeness (QED) is 0.186. The molecule has 9 aromatic rings. The Balaban J connectivity index is 1.29. The van der Waals surface area contributed by atoms with E-state index in [2.05, 4.69) is 152 Å². The zero-order valence-electron chi connectivity index (χ0n) is 24.9. The molecule has 1 aliphatic rings. The van der Waals surface area contributed by atoms with Crippen LogP contribution in [0.5, 0.6) is 0 Å². The normalized spacial score (nSPS) is 13.6. The summed E-state index contributed by atoms with van der Waals surface area (Å²) in [6.07, 6.45) is 9.09. The fourth-order valence-corrected chi connectivity index (χ4v) is 8.08. The molecule has 0 saturated carbocycles. The smallest absolute Gasteiger partial charge is 0.136 e. The van der Waals surface area contributed by atoms with Gasteiger partial charge in [0.25, 0.3) is 0 Å². The number of aromatic nitrogens is 2. The number of halogens is 1. The molecular formula is C42H27BrN2O. The summed E-state index contributed by atoms with van der Waals surface area (Å²) in [5.41, 5.74) is 11.4. The van der Waals surface area contributed by atoms with E-state index in [0.717, 1.165) is 39.3 Å². The summed E-state index contributed by atoms with van der Waals surface area (Å²) in [6, 6.07) is 43.9.